The van der Waals surface area contributed by atoms with E-state index in [4.69, 9.17) is 4.74 Å². The maximum Gasteiger partial charge on any atom is 0.256 e. The second-order valence-electron chi connectivity index (χ2n) is 11.8. The Morgan fingerprint density at radius 3 is 2.36 bits per heavy atom. The fourth-order valence-corrected chi connectivity index (χ4v) is 5.61. The van der Waals surface area contributed by atoms with Gasteiger partial charge in [-0.3, -0.25) is 14.5 Å². The van der Waals surface area contributed by atoms with Crippen molar-refractivity contribution in [3.05, 3.63) is 64.5 Å². The maximum atomic E-state index is 14.9. The summed E-state index contributed by atoms with van der Waals surface area (Å²) in [4.78, 5) is 39.5. The van der Waals surface area contributed by atoms with Gasteiger partial charge in [0.05, 0.1) is 23.3 Å². The first-order chi connectivity index (χ1) is 20.5. The van der Waals surface area contributed by atoms with E-state index < -0.39 is 40.2 Å². The summed E-state index contributed by atoms with van der Waals surface area (Å²) < 4.78 is 20.7. The van der Waals surface area contributed by atoms with Gasteiger partial charge in [0.15, 0.2) is 14.1 Å². The molecule has 2 aromatic rings. The summed E-state index contributed by atoms with van der Waals surface area (Å²) in [5.74, 6) is -4.60. The third kappa shape index (κ3) is 7.37. The van der Waals surface area contributed by atoms with Crippen molar-refractivity contribution < 1.29 is 43.9 Å². The molecule has 5 unspecified atom stereocenters. The van der Waals surface area contributed by atoms with Crippen LogP contribution in [0.25, 0.3) is 0 Å². The number of aldehydes is 2. The number of ether oxygens (including phenoxy) is 1. The minimum atomic E-state index is -3.13. The lowest BCUT2D eigenvalue weighted by Crippen LogP contribution is -2.73. The smallest absolute Gasteiger partial charge is 0.256 e. The lowest BCUT2D eigenvalue weighted by molar-refractivity contribution is -0.288. The summed E-state index contributed by atoms with van der Waals surface area (Å²) in [6.45, 7) is 5.91. The molecule has 0 bridgehead atoms. The summed E-state index contributed by atoms with van der Waals surface area (Å²) >= 11 is 0. The van der Waals surface area contributed by atoms with E-state index >= 15 is 0 Å². The Kier molecular flexibility index (Phi) is 11.1. The highest BCUT2D eigenvalue weighted by Gasteiger charge is 2.55. The monoisotopic (exact) mass is 614 g/mol. The maximum absolute atomic E-state index is 14.9. The predicted octanol–water partition coefficient (Wildman–Crippen LogP) is -2.16. The number of nitrogens with zero attached hydrogens (tertiary/aromatic N) is 2. The van der Waals surface area contributed by atoms with Gasteiger partial charge in [0.2, 0.25) is 5.91 Å². The van der Waals surface area contributed by atoms with Crippen molar-refractivity contribution >= 4 is 39.9 Å². The molecule has 2 aromatic carbocycles. The molecule has 12 nitrogen and oxygen atoms in total. The molecule has 238 valence electrons. The molecule has 6 N–H and O–H groups in total. The highest BCUT2D eigenvalue weighted by Crippen LogP contribution is 2.36. The van der Waals surface area contributed by atoms with Crippen LogP contribution in [-0.2, 0) is 33.3 Å². The normalized spacial score (nSPS) is 21.1. The Bertz CT molecular complexity index is 1350. The Morgan fingerprint density at radius 1 is 1.16 bits per heavy atom. The number of benzene rings is 2. The number of carbonyl (C=O) groups excluding carboxylic acids is 3. The van der Waals surface area contributed by atoms with Crippen molar-refractivity contribution in [1.29, 1.82) is 0 Å². The second-order valence-corrected chi connectivity index (χ2v) is 11.8. The Hall–Kier alpha value is -3.17. The first kappa shape index (κ1) is 35.3. The van der Waals surface area contributed by atoms with Gasteiger partial charge in [-0.2, -0.15) is 0 Å². The summed E-state index contributed by atoms with van der Waals surface area (Å²) in [7, 11) is 4.25. The van der Waals surface area contributed by atoms with Crippen LogP contribution < -0.4 is 10.6 Å². The third-order valence-electron chi connectivity index (χ3n) is 8.20. The van der Waals surface area contributed by atoms with Crippen LogP contribution in [0.15, 0.2) is 36.4 Å². The molecule has 5 atom stereocenters. The number of hydrogen-bond donors (Lipinski definition) is 6. The average molecular weight is 614 g/mol. The number of amides is 1. The van der Waals surface area contributed by atoms with Crippen molar-refractivity contribution in [1.82, 2.24) is 15.1 Å². The number of nitrogens with one attached hydrogen (secondary N) is 2. The molecule has 1 amide bonds. The van der Waals surface area contributed by atoms with Crippen LogP contribution in [0.1, 0.15) is 40.9 Å². The van der Waals surface area contributed by atoms with Crippen LogP contribution in [0.2, 0.25) is 0 Å². The number of likely N-dealkylation sites (N-methyl/N-ethyl adjacent to an activating group) is 2. The molecular formula is C29H41B2FN4O8. The van der Waals surface area contributed by atoms with Crippen LogP contribution in [0.3, 0.4) is 0 Å². The predicted molar refractivity (Wildman–Crippen MR) is 166 cm³/mol. The van der Waals surface area contributed by atoms with Crippen molar-refractivity contribution in [2.45, 2.75) is 62.1 Å². The van der Waals surface area contributed by atoms with Crippen molar-refractivity contribution in [2.24, 2.45) is 0 Å². The van der Waals surface area contributed by atoms with Gasteiger partial charge < -0.3 is 40.6 Å². The van der Waals surface area contributed by atoms with Gasteiger partial charge >= 0.3 is 0 Å². The average Bonchev–Trinajstić information content (AvgIpc) is 2.96. The van der Waals surface area contributed by atoms with Crippen LogP contribution >= 0.6 is 0 Å². The number of rotatable bonds is 13. The van der Waals surface area contributed by atoms with E-state index in [1.165, 1.54) is 31.3 Å². The van der Waals surface area contributed by atoms with Gasteiger partial charge in [-0.1, -0.05) is 18.2 Å². The lowest BCUT2D eigenvalue weighted by Gasteiger charge is -2.47. The summed E-state index contributed by atoms with van der Waals surface area (Å²) in [6.07, 6.45) is 0.531. The quantitative estimate of drug-likeness (QED) is 0.0826. The SMILES string of the molecule is BC(O)(C=O)C(B)(O)C(C(=O)NC)N(C)C(O)(O)c1c(C=O)cccc1NCc1cc(CN2CC(C)OC(C)C2)ccc1F. The molecule has 1 aliphatic heterocycles. The summed E-state index contributed by atoms with van der Waals surface area (Å²) in [5.41, 5.74) is -4.48. The highest BCUT2D eigenvalue weighted by molar-refractivity contribution is 6.32. The molecule has 0 radical (unpaired) electrons. The molecule has 1 heterocycles. The molecule has 0 aromatic heterocycles. The van der Waals surface area contributed by atoms with Crippen LogP contribution in [0, 0.1) is 5.82 Å². The molecule has 1 fully saturated rings. The molecular weight excluding hydrogens is 573 g/mol. The van der Waals surface area contributed by atoms with Crippen LogP contribution in [0.5, 0.6) is 0 Å². The number of anilines is 1. The molecule has 15 heteroatoms. The number of hydrogen-bond acceptors (Lipinski definition) is 11. The number of aliphatic hydroxyl groups is 4. The van der Waals surface area contributed by atoms with Gasteiger partial charge in [-0.15, -0.1) is 0 Å². The zero-order valence-electron chi connectivity index (χ0n) is 25.9. The van der Waals surface area contributed by atoms with E-state index in [-0.39, 0.29) is 41.9 Å². The van der Waals surface area contributed by atoms with E-state index in [0.717, 1.165) is 41.4 Å². The fourth-order valence-electron chi connectivity index (χ4n) is 5.61. The third-order valence-corrected chi connectivity index (χ3v) is 8.20. The van der Waals surface area contributed by atoms with Crippen LogP contribution in [0.4, 0.5) is 10.1 Å². The molecule has 1 aliphatic rings. The standard InChI is InChI=1S/C29H41B2FN4O8/c1-17-12-36(13-18(2)44-17)14-19-8-9-22(32)21(10-19)11-34-23-7-5-6-20(15-37)24(23)29(42,43)35(4)25(26(39)33-3)28(31,41)27(30,40)16-38/h5-10,15-18,25,34,40-43H,11-14,30-31H2,1-4H3,(H,33,39). The fraction of sp³-hybridized carbons (Fsp3) is 0.483. The molecule has 3 rings (SSSR count). The number of carbonyl (C=O) groups is 3. The number of halogens is 1. The van der Waals surface area contributed by atoms with E-state index in [1.54, 1.807) is 12.1 Å². The van der Waals surface area contributed by atoms with Crippen LogP contribution in [-0.4, -0.2) is 121 Å². The Morgan fingerprint density at radius 2 is 1.80 bits per heavy atom. The minimum absolute atomic E-state index is 0.0181. The van der Waals surface area contributed by atoms with Crippen molar-refractivity contribution in [3.63, 3.8) is 0 Å². The molecule has 0 aliphatic carbocycles. The van der Waals surface area contributed by atoms with E-state index in [0.29, 0.717) is 17.7 Å². The zero-order chi connectivity index (χ0) is 33.0. The molecule has 0 saturated carbocycles. The van der Waals surface area contributed by atoms with E-state index in [1.807, 2.05) is 13.8 Å². The number of morpholine rings is 1. The Balaban J connectivity index is 1.97. The minimum Gasteiger partial charge on any atom is -0.394 e. The van der Waals surface area contributed by atoms with Gasteiger partial charge in [-0.05, 0) is 44.7 Å². The highest BCUT2D eigenvalue weighted by atomic mass is 19.1. The summed E-state index contributed by atoms with van der Waals surface area (Å²) in [6, 6.07) is 7.05. The van der Waals surface area contributed by atoms with Gasteiger partial charge in [0, 0.05) is 50.0 Å². The van der Waals surface area contributed by atoms with Gasteiger partial charge in [0.25, 0.3) is 5.91 Å². The van der Waals surface area contributed by atoms with Crippen molar-refractivity contribution in [2.75, 3.05) is 32.5 Å². The van der Waals surface area contributed by atoms with E-state index in [9.17, 15) is 39.2 Å². The first-order valence-electron chi connectivity index (χ1n) is 14.3. The molecule has 1 saturated heterocycles. The second kappa shape index (κ2) is 13.9. The summed E-state index contributed by atoms with van der Waals surface area (Å²) in [5, 5.41) is 50.1. The largest absolute Gasteiger partial charge is 0.394 e. The van der Waals surface area contributed by atoms with Gasteiger partial charge in [-0.25, -0.2) is 9.29 Å². The zero-order valence-corrected chi connectivity index (χ0v) is 25.9. The van der Waals surface area contributed by atoms with Gasteiger partial charge in [0.1, 0.15) is 31.5 Å². The Labute approximate surface area is 258 Å². The molecule has 44 heavy (non-hydrogen) atoms. The topological polar surface area (TPSA) is 172 Å². The lowest BCUT2D eigenvalue weighted by atomic mass is 9.55. The van der Waals surface area contributed by atoms with E-state index in [2.05, 4.69) is 15.5 Å². The molecule has 0 spiro atoms. The van der Waals surface area contributed by atoms with Crippen molar-refractivity contribution in [3.8, 4) is 0 Å². The first-order valence-corrected chi connectivity index (χ1v) is 14.3.